The standard InChI is InChI=1S/C16H26/c1-3-4-12-9(2)13-8-14(12)16-11-6-5-10(7-11)15(13)16/h9-16H,3-8H2,1-2H3/t9?,10-,11+,12?,13-,14+,15?,16?/m0/s1. The Morgan fingerprint density at radius 2 is 1.62 bits per heavy atom. The van der Waals surface area contributed by atoms with E-state index in [9.17, 15) is 0 Å². The van der Waals surface area contributed by atoms with Crippen molar-refractivity contribution in [2.24, 2.45) is 47.3 Å². The van der Waals surface area contributed by atoms with Crippen LogP contribution in [0.2, 0.25) is 0 Å². The lowest BCUT2D eigenvalue weighted by molar-refractivity contribution is 0.0593. The van der Waals surface area contributed by atoms with Gasteiger partial charge < -0.3 is 0 Å². The minimum atomic E-state index is 1.07. The van der Waals surface area contributed by atoms with Gasteiger partial charge in [0.15, 0.2) is 0 Å². The maximum Gasteiger partial charge on any atom is -0.0321 e. The fourth-order valence-corrected chi connectivity index (χ4v) is 6.82. The third-order valence-electron chi connectivity index (χ3n) is 7.10. The van der Waals surface area contributed by atoms with Crippen LogP contribution in [0, 0.1) is 47.3 Å². The molecule has 0 aliphatic heterocycles. The summed E-state index contributed by atoms with van der Waals surface area (Å²) in [5, 5.41) is 0. The Morgan fingerprint density at radius 1 is 0.938 bits per heavy atom. The van der Waals surface area contributed by atoms with E-state index in [-0.39, 0.29) is 0 Å². The maximum absolute atomic E-state index is 2.59. The first-order valence-corrected chi connectivity index (χ1v) is 7.81. The Hall–Kier alpha value is 0. The Bertz CT molecular complexity index is 294. The molecule has 8 atom stereocenters. The van der Waals surface area contributed by atoms with Gasteiger partial charge in [-0.2, -0.15) is 0 Å². The Morgan fingerprint density at radius 3 is 2.31 bits per heavy atom. The lowest BCUT2D eigenvalue weighted by atomic mass is 9.63. The fourth-order valence-electron chi connectivity index (χ4n) is 6.82. The average Bonchev–Trinajstić information content (AvgIpc) is 2.97. The number of fused-ring (bicyclic) bond motifs is 9. The molecule has 0 aromatic heterocycles. The van der Waals surface area contributed by atoms with Gasteiger partial charge in [0.2, 0.25) is 0 Å². The molecule has 4 unspecified atom stereocenters. The molecule has 0 heterocycles. The summed E-state index contributed by atoms with van der Waals surface area (Å²) in [6.07, 6.45) is 9.41. The molecule has 0 spiro atoms. The van der Waals surface area contributed by atoms with Crippen LogP contribution in [0.4, 0.5) is 0 Å². The first kappa shape index (κ1) is 9.97. The van der Waals surface area contributed by atoms with Crippen LogP contribution < -0.4 is 0 Å². The van der Waals surface area contributed by atoms with Crippen molar-refractivity contribution in [3.8, 4) is 0 Å². The number of rotatable bonds is 2. The predicted molar refractivity (Wildman–Crippen MR) is 67.0 cm³/mol. The lowest BCUT2D eigenvalue weighted by Crippen LogP contribution is -2.37. The first-order chi connectivity index (χ1) is 7.81. The second-order valence-corrected chi connectivity index (χ2v) is 7.36. The van der Waals surface area contributed by atoms with Crippen LogP contribution >= 0.6 is 0 Å². The molecule has 4 aliphatic rings. The van der Waals surface area contributed by atoms with Crippen molar-refractivity contribution in [2.45, 2.75) is 52.4 Å². The fraction of sp³-hybridized carbons (Fsp3) is 1.00. The van der Waals surface area contributed by atoms with Crippen molar-refractivity contribution in [2.75, 3.05) is 0 Å². The molecule has 0 aromatic carbocycles. The van der Waals surface area contributed by atoms with E-state index in [2.05, 4.69) is 13.8 Å². The minimum absolute atomic E-state index is 1.07. The van der Waals surface area contributed by atoms with Gasteiger partial charge in [-0.3, -0.25) is 0 Å². The van der Waals surface area contributed by atoms with Gasteiger partial charge in [-0.15, -0.1) is 0 Å². The van der Waals surface area contributed by atoms with Crippen molar-refractivity contribution in [1.29, 1.82) is 0 Å². The van der Waals surface area contributed by atoms with E-state index in [1.807, 2.05) is 0 Å². The van der Waals surface area contributed by atoms with E-state index in [1.165, 1.54) is 42.4 Å². The first-order valence-electron chi connectivity index (χ1n) is 7.81. The Balaban J connectivity index is 1.64. The van der Waals surface area contributed by atoms with Crippen molar-refractivity contribution >= 4 is 0 Å². The summed E-state index contributed by atoms with van der Waals surface area (Å²) < 4.78 is 0. The second-order valence-electron chi connectivity index (χ2n) is 7.36. The van der Waals surface area contributed by atoms with Crippen LogP contribution in [0.1, 0.15) is 52.4 Å². The van der Waals surface area contributed by atoms with Gasteiger partial charge in [0.25, 0.3) is 0 Å². The normalized spacial score (nSPS) is 61.9. The van der Waals surface area contributed by atoms with Crippen molar-refractivity contribution < 1.29 is 0 Å². The topological polar surface area (TPSA) is 0 Å². The van der Waals surface area contributed by atoms with Gasteiger partial charge in [0.1, 0.15) is 0 Å². The van der Waals surface area contributed by atoms with Crippen LogP contribution in [0.5, 0.6) is 0 Å². The zero-order valence-corrected chi connectivity index (χ0v) is 10.9. The van der Waals surface area contributed by atoms with Crippen LogP contribution in [0.25, 0.3) is 0 Å². The summed E-state index contributed by atoms with van der Waals surface area (Å²) in [5.41, 5.74) is 0. The molecule has 0 saturated heterocycles. The predicted octanol–water partition coefficient (Wildman–Crippen LogP) is 4.35. The molecule has 0 heteroatoms. The van der Waals surface area contributed by atoms with Gasteiger partial charge in [0.05, 0.1) is 0 Å². The molecule has 4 bridgehead atoms. The Labute approximate surface area is 100 Å². The van der Waals surface area contributed by atoms with Gasteiger partial charge in [0, 0.05) is 0 Å². The minimum Gasteiger partial charge on any atom is -0.0654 e. The van der Waals surface area contributed by atoms with Crippen LogP contribution in [0.3, 0.4) is 0 Å². The summed E-state index contributed by atoms with van der Waals surface area (Å²) >= 11 is 0. The lowest BCUT2D eigenvalue weighted by Gasteiger charge is -2.42. The summed E-state index contributed by atoms with van der Waals surface area (Å²) in [4.78, 5) is 0. The molecule has 0 amide bonds. The molecule has 0 aromatic rings. The second kappa shape index (κ2) is 3.27. The van der Waals surface area contributed by atoms with Crippen LogP contribution in [0.15, 0.2) is 0 Å². The average molecular weight is 218 g/mol. The van der Waals surface area contributed by atoms with Crippen LogP contribution in [-0.2, 0) is 0 Å². The SMILES string of the molecule is CCCC1C(C)[C@@H]2C[C@H]1C1C2[C@H]2CC[C@@H]1C2. The molecule has 90 valence electrons. The van der Waals surface area contributed by atoms with Gasteiger partial charge in [-0.25, -0.2) is 0 Å². The molecule has 0 nitrogen and oxygen atoms in total. The molecule has 16 heavy (non-hydrogen) atoms. The van der Waals surface area contributed by atoms with Crippen LogP contribution in [-0.4, -0.2) is 0 Å². The molecule has 0 radical (unpaired) electrons. The highest BCUT2D eigenvalue weighted by Crippen LogP contribution is 2.70. The highest BCUT2D eigenvalue weighted by atomic mass is 14.7. The monoisotopic (exact) mass is 218 g/mol. The number of hydrogen-bond donors (Lipinski definition) is 0. The molecule has 4 aliphatic carbocycles. The van der Waals surface area contributed by atoms with Crippen molar-refractivity contribution in [3.63, 3.8) is 0 Å². The summed E-state index contributed by atoms with van der Waals surface area (Å²) in [7, 11) is 0. The third-order valence-corrected chi connectivity index (χ3v) is 7.10. The summed E-state index contributed by atoms with van der Waals surface area (Å²) in [5.74, 6) is 9.28. The summed E-state index contributed by atoms with van der Waals surface area (Å²) in [6.45, 7) is 4.98. The van der Waals surface area contributed by atoms with Crippen molar-refractivity contribution in [3.05, 3.63) is 0 Å². The van der Waals surface area contributed by atoms with E-state index < -0.39 is 0 Å². The molecule has 4 fully saturated rings. The van der Waals surface area contributed by atoms with E-state index in [1.54, 1.807) is 25.7 Å². The van der Waals surface area contributed by atoms with E-state index >= 15 is 0 Å². The van der Waals surface area contributed by atoms with E-state index in [4.69, 9.17) is 0 Å². The van der Waals surface area contributed by atoms with Gasteiger partial charge in [-0.1, -0.05) is 26.7 Å². The summed E-state index contributed by atoms with van der Waals surface area (Å²) in [6, 6.07) is 0. The molecular formula is C16H26. The molecule has 4 rings (SSSR count). The van der Waals surface area contributed by atoms with Gasteiger partial charge >= 0.3 is 0 Å². The zero-order chi connectivity index (χ0) is 10.9. The quantitative estimate of drug-likeness (QED) is 0.604. The van der Waals surface area contributed by atoms with E-state index in [0.29, 0.717) is 0 Å². The maximum atomic E-state index is 2.59. The number of hydrogen-bond acceptors (Lipinski definition) is 0. The highest BCUT2D eigenvalue weighted by molar-refractivity contribution is 5.12. The molecular weight excluding hydrogens is 192 g/mol. The highest BCUT2D eigenvalue weighted by Gasteiger charge is 2.63. The zero-order valence-electron chi connectivity index (χ0n) is 10.9. The molecule has 0 N–H and O–H groups in total. The molecule has 4 saturated carbocycles. The van der Waals surface area contributed by atoms with E-state index in [0.717, 1.165) is 17.8 Å². The Kier molecular flexibility index (Phi) is 2.04. The van der Waals surface area contributed by atoms with Crippen molar-refractivity contribution in [1.82, 2.24) is 0 Å². The smallest absolute Gasteiger partial charge is 0.0321 e. The largest absolute Gasteiger partial charge is 0.0654 e. The third kappa shape index (κ3) is 1.03. The van der Waals surface area contributed by atoms with Gasteiger partial charge in [-0.05, 0) is 73.0 Å².